The highest BCUT2D eigenvalue weighted by Gasteiger charge is 2.22. The molecule has 0 radical (unpaired) electrons. The standard InChI is InChI=1S/C17H23N3O/c1-12(2)20-9-7-15(8-10-20)21-16-6-4-5-14-11-18-13(3)19-17(14)16/h4-6,11-12,15H,7-10H2,1-3H3. The van der Waals surface area contributed by atoms with Gasteiger partial charge in [0, 0.05) is 30.7 Å². The van der Waals surface area contributed by atoms with E-state index in [9.17, 15) is 0 Å². The van der Waals surface area contributed by atoms with Crippen molar-refractivity contribution < 1.29 is 4.74 Å². The summed E-state index contributed by atoms with van der Waals surface area (Å²) in [6.45, 7) is 8.65. The molecule has 2 aromatic rings. The second-order valence-corrected chi connectivity index (χ2v) is 6.06. The van der Waals surface area contributed by atoms with E-state index >= 15 is 0 Å². The van der Waals surface area contributed by atoms with E-state index in [4.69, 9.17) is 4.74 Å². The summed E-state index contributed by atoms with van der Waals surface area (Å²) in [5.74, 6) is 1.68. The fraction of sp³-hybridized carbons (Fsp3) is 0.529. The molecule has 0 amide bonds. The van der Waals surface area contributed by atoms with Gasteiger partial charge >= 0.3 is 0 Å². The van der Waals surface area contributed by atoms with E-state index in [-0.39, 0.29) is 0 Å². The summed E-state index contributed by atoms with van der Waals surface area (Å²) in [5, 5.41) is 1.04. The Bertz CT molecular complexity index is 618. The number of ether oxygens (including phenoxy) is 1. The SMILES string of the molecule is Cc1ncc2cccc(OC3CCN(C(C)C)CC3)c2n1. The first-order valence-corrected chi connectivity index (χ1v) is 7.76. The van der Waals surface area contributed by atoms with Gasteiger partial charge in [-0.2, -0.15) is 0 Å². The minimum atomic E-state index is 0.292. The molecule has 4 heteroatoms. The van der Waals surface area contributed by atoms with E-state index in [1.54, 1.807) is 0 Å². The average Bonchev–Trinajstić information content (AvgIpc) is 2.48. The lowest BCUT2D eigenvalue weighted by Gasteiger charge is -2.34. The minimum Gasteiger partial charge on any atom is -0.488 e. The molecule has 0 unspecified atom stereocenters. The van der Waals surface area contributed by atoms with E-state index in [0.717, 1.165) is 48.4 Å². The Morgan fingerprint density at radius 1 is 1.24 bits per heavy atom. The number of hydrogen-bond acceptors (Lipinski definition) is 4. The normalized spacial score (nSPS) is 17.5. The second-order valence-electron chi connectivity index (χ2n) is 6.06. The lowest BCUT2D eigenvalue weighted by molar-refractivity contribution is 0.0852. The molecule has 2 heterocycles. The van der Waals surface area contributed by atoms with Gasteiger partial charge in [0.1, 0.15) is 23.2 Å². The number of para-hydroxylation sites is 1. The molecule has 4 nitrogen and oxygen atoms in total. The topological polar surface area (TPSA) is 38.2 Å². The third-order valence-corrected chi connectivity index (χ3v) is 4.19. The van der Waals surface area contributed by atoms with Crippen molar-refractivity contribution in [1.29, 1.82) is 0 Å². The van der Waals surface area contributed by atoms with Crippen LogP contribution in [0.1, 0.15) is 32.5 Å². The third-order valence-electron chi connectivity index (χ3n) is 4.19. The highest BCUT2D eigenvalue weighted by molar-refractivity contribution is 5.83. The minimum absolute atomic E-state index is 0.292. The molecule has 0 saturated carbocycles. The Morgan fingerprint density at radius 3 is 2.71 bits per heavy atom. The maximum atomic E-state index is 6.23. The van der Waals surface area contributed by atoms with Crippen molar-refractivity contribution in [2.24, 2.45) is 0 Å². The first-order chi connectivity index (χ1) is 10.1. The Labute approximate surface area is 126 Å². The lowest BCUT2D eigenvalue weighted by Crippen LogP contribution is -2.41. The maximum absolute atomic E-state index is 6.23. The van der Waals surface area contributed by atoms with Crippen LogP contribution in [-0.2, 0) is 0 Å². The van der Waals surface area contributed by atoms with Crippen molar-refractivity contribution in [2.75, 3.05) is 13.1 Å². The highest BCUT2D eigenvalue weighted by Crippen LogP contribution is 2.26. The summed E-state index contributed by atoms with van der Waals surface area (Å²) in [7, 11) is 0. The largest absolute Gasteiger partial charge is 0.488 e. The molecule has 0 N–H and O–H groups in total. The summed E-state index contributed by atoms with van der Waals surface area (Å²) in [5.41, 5.74) is 0.927. The first kappa shape index (κ1) is 14.3. The molecule has 1 aliphatic heterocycles. The van der Waals surface area contributed by atoms with Crippen molar-refractivity contribution in [2.45, 2.75) is 45.8 Å². The predicted molar refractivity (Wildman–Crippen MR) is 84.6 cm³/mol. The third kappa shape index (κ3) is 3.16. The monoisotopic (exact) mass is 285 g/mol. The molecule has 21 heavy (non-hydrogen) atoms. The summed E-state index contributed by atoms with van der Waals surface area (Å²) >= 11 is 0. The molecule has 0 aliphatic carbocycles. The zero-order valence-corrected chi connectivity index (χ0v) is 13.0. The number of hydrogen-bond donors (Lipinski definition) is 0. The fourth-order valence-corrected chi connectivity index (χ4v) is 2.90. The van der Waals surface area contributed by atoms with Gasteiger partial charge in [0.25, 0.3) is 0 Å². The van der Waals surface area contributed by atoms with Crippen LogP contribution in [0.5, 0.6) is 5.75 Å². The molecular weight excluding hydrogens is 262 g/mol. The van der Waals surface area contributed by atoms with Crippen molar-refractivity contribution in [3.63, 3.8) is 0 Å². The molecule has 1 saturated heterocycles. The fourth-order valence-electron chi connectivity index (χ4n) is 2.90. The number of fused-ring (bicyclic) bond motifs is 1. The van der Waals surface area contributed by atoms with Gasteiger partial charge in [0.2, 0.25) is 0 Å². The van der Waals surface area contributed by atoms with E-state index < -0.39 is 0 Å². The van der Waals surface area contributed by atoms with Crippen LogP contribution in [0.2, 0.25) is 0 Å². The van der Waals surface area contributed by atoms with Crippen LogP contribution in [0, 0.1) is 6.92 Å². The van der Waals surface area contributed by atoms with Crippen LogP contribution in [0.15, 0.2) is 24.4 Å². The van der Waals surface area contributed by atoms with E-state index in [0.29, 0.717) is 12.1 Å². The molecule has 1 aromatic heterocycles. The van der Waals surface area contributed by atoms with Gasteiger partial charge in [-0.3, -0.25) is 0 Å². The quantitative estimate of drug-likeness (QED) is 0.868. The van der Waals surface area contributed by atoms with Crippen LogP contribution < -0.4 is 4.74 Å². The Hall–Kier alpha value is -1.68. The zero-order chi connectivity index (χ0) is 14.8. The molecule has 0 spiro atoms. The molecule has 1 aliphatic rings. The van der Waals surface area contributed by atoms with Gasteiger partial charge in [-0.15, -0.1) is 0 Å². The summed E-state index contributed by atoms with van der Waals surface area (Å²) in [6.07, 6.45) is 4.32. The average molecular weight is 285 g/mol. The van der Waals surface area contributed by atoms with Crippen LogP contribution in [0.25, 0.3) is 10.9 Å². The van der Waals surface area contributed by atoms with Gasteiger partial charge < -0.3 is 9.64 Å². The molecule has 0 atom stereocenters. The zero-order valence-electron chi connectivity index (χ0n) is 13.0. The Balaban J connectivity index is 1.75. The molecule has 0 bridgehead atoms. The number of nitrogens with zero attached hydrogens (tertiary/aromatic N) is 3. The van der Waals surface area contributed by atoms with Crippen molar-refractivity contribution in [1.82, 2.24) is 14.9 Å². The van der Waals surface area contributed by atoms with E-state index in [1.807, 2.05) is 31.3 Å². The van der Waals surface area contributed by atoms with Gasteiger partial charge in [0.05, 0.1) is 0 Å². The van der Waals surface area contributed by atoms with Gasteiger partial charge in [0.15, 0.2) is 0 Å². The lowest BCUT2D eigenvalue weighted by atomic mass is 10.1. The van der Waals surface area contributed by atoms with Crippen molar-refractivity contribution in [3.05, 3.63) is 30.2 Å². The number of piperidine rings is 1. The highest BCUT2D eigenvalue weighted by atomic mass is 16.5. The van der Waals surface area contributed by atoms with Crippen LogP contribution in [-0.4, -0.2) is 40.1 Å². The van der Waals surface area contributed by atoms with Crippen molar-refractivity contribution >= 4 is 10.9 Å². The van der Waals surface area contributed by atoms with Crippen LogP contribution >= 0.6 is 0 Å². The molecule has 3 rings (SSSR count). The predicted octanol–water partition coefficient (Wildman–Crippen LogP) is 3.19. The second kappa shape index (κ2) is 5.98. The maximum Gasteiger partial charge on any atom is 0.146 e. The Morgan fingerprint density at radius 2 is 2.00 bits per heavy atom. The summed E-state index contributed by atoms with van der Waals surface area (Å²) < 4.78 is 6.23. The van der Waals surface area contributed by atoms with E-state index in [1.165, 1.54) is 0 Å². The molecule has 1 fully saturated rings. The van der Waals surface area contributed by atoms with Gasteiger partial charge in [-0.25, -0.2) is 9.97 Å². The van der Waals surface area contributed by atoms with Gasteiger partial charge in [-0.1, -0.05) is 12.1 Å². The number of aryl methyl sites for hydroxylation is 1. The smallest absolute Gasteiger partial charge is 0.146 e. The van der Waals surface area contributed by atoms with Crippen molar-refractivity contribution in [3.8, 4) is 5.75 Å². The number of rotatable bonds is 3. The van der Waals surface area contributed by atoms with E-state index in [2.05, 4.69) is 28.7 Å². The number of benzene rings is 1. The molecular formula is C17H23N3O. The first-order valence-electron chi connectivity index (χ1n) is 7.76. The van der Waals surface area contributed by atoms with Gasteiger partial charge in [-0.05, 0) is 39.7 Å². The number of likely N-dealkylation sites (tertiary alicyclic amines) is 1. The summed E-state index contributed by atoms with van der Waals surface area (Å²) in [6, 6.07) is 6.69. The molecule has 112 valence electrons. The number of aromatic nitrogens is 2. The summed E-state index contributed by atoms with van der Waals surface area (Å²) in [4.78, 5) is 11.3. The van der Waals surface area contributed by atoms with Crippen LogP contribution in [0.4, 0.5) is 0 Å². The Kier molecular flexibility index (Phi) is 4.06. The molecule has 1 aromatic carbocycles. The van der Waals surface area contributed by atoms with Crippen LogP contribution in [0.3, 0.4) is 0 Å².